The maximum Gasteiger partial charge on any atom is 0.432 e. The predicted octanol–water partition coefficient (Wildman–Crippen LogP) is 3.71. The van der Waals surface area contributed by atoms with Crippen molar-refractivity contribution >= 4 is 5.71 Å². The number of rotatable bonds is 7. The second-order valence-electron chi connectivity index (χ2n) is 4.43. The van der Waals surface area contributed by atoms with Crippen LogP contribution in [0, 0.1) is 11.3 Å². The predicted molar refractivity (Wildman–Crippen MR) is 69.0 cm³/mol. The molecule has 0 aromatic carbocycles. The van der Waals surface area contributed by atoms with Crippen molar-refractivity contribution in [2.45, 2.75) is 32.9 Å². The lowest BCUT2D eigenvalue weighted by atomic mass is 10.0. The Labute approximate surface area is 106 Å². The van der Waals surface area contributed by atoms with Crippen molar-refractivity contribution in [2.75, 3.05) is 13.6 Å². The van der Waals surface area contributed by atoms with Gasteiger partial charge in [-0.2, -0.15) is 13.2 Å². The molecule has 0 aromatic rings. The fourth-order valence-electron chi connectivity index (χ4n) is 1.42. The molecule has 1 unspecified atom stereocenters. The molecule has 0 bridgehead atoms. The minimum atomic E-state index is -4.56. The van der Waals surface area contributed by atoms with Crippen LogP contribution >= 0.6 is 0 Å². The van der Waals surface area contributed by atoms with Gasteiger partial charge in [0.15, 0.2) is 0 Å². The van der Waals surface area contributed by atoms with Crippen LogP contribution < -0.4 is 5.32 Å². The Kier molecular flexibility index (Phi) is 7.59. The Morgan fingerprint density at radius 2 is 1.94 bits per heavy atom. The molecule has 0 saturated carbocycles. The van der Waals surface area contributed by atoms with Gasteiger partial charge >= 0.3 is 6.18 Å². The summed E-state index contributed by atoms with van der Waals surface area (Å²) in [7, 11) is 1.89. The summed E-state index contributed by atoms with van der Waals surface area (Å²) in [6.07, 6.45) is 1.28. The van der Waals surface area contributed by atoms with E-state index < -0.39 is 11.9 Å². The molecule has 0 spiro atoms. The van der Waals surface area contributed by atoms with Crippen LogP contribution in [-0.4, -0.2) is 25.5 Å². The molecule has 2 nitrogen and oxygen atoms in total. The van der Waals surface area contributed by atoms with Crippen LogP contribution in [0.25, 0.3) is 0 Å². The first-order valence-corrected chi connectivity index (χ1v) is 5.92. The zero-order valence-corrected chi connectivity index (χ0v) is 11.1. The first-order chi connectivity index (χ1) is 8.27. The zero-order valence-electron chi connectivity index (χ0n) is 11.1. The third kappa shape index (κ3) is 8.06. The summed E-state index contributed by atoms with van der Waals surface area (Å²) >= 11 is 0. The Morgan fingerprint density at radius 3 is 2.44 bits per heavy atom. The quantitative estimate of drug-likeness (QED) is 0.532. The van der Waals surface area contributed by atoms with Crippen LogP contribution in [0.5, 0.6) is 0 Å². The van der Waals surface area contributed by atoms with Crippen LogP contribution in [-0.2, 0) is 0 Å². The molecule has 5 heteroatoms. The Bertz CT molecular complexity index is 317. The average molecular weight is 262 g/mol. The standard InChI is InChI=1S/C13H21F3N2/c1-10(5-4-6-11(2)9-18-3)7-8-12(17)13(14,15)16/h5,7-8,11,17-18H,4,6,9H2,1-3H3/b8-7-,10-5+,17-12?. The van der Waals surface area contributed by atoms with Gasteiger partial charge in [-0.25, -0.2) is 0 Å². The van der Waals surface area contributed by atoms with Gasteiger partial charge < -0.3 is 5.32 Å². The third-order valence-corrected chi connectivity index (χ3v) is 2.50. The van der Waals surface area contributed by atoms with Gasteiger partial charge in [0.25, 0.3) is 0 Å². The molecule has 0 rings (SSSR count). The average Bonchev–Trinajstić information content (AvgIpc) is 2.24. The summed E-state index contributed by atoms with van der Waals surface area (Å²) in [5.41, 5.74) is -0.570. The first-order valence-electron chi connectivity index (χ1n) is 5.92. The van der Waals surface area contributed by atoms with Crippen LogP contribution in [0.4, 0.5) is 13.2 Å². The van der Waals surface area contributed by atoms with Crippen molar-refractivity contribution < 1.29 is 13.2 Å². The minimum absolute atomic E-state index is 0.538. The Balaban J connectivity index is 4.13. The second-order valence-corrected chi connectivity index (χ2v) is 4.43. The van der Waals surface area contributed by atoms with Gasteiger partial charge in [0.2, 0.25) is 0 Å². The van der Waals surface area contributed by atoms with Crippen LogP contribution in [0.1, 0.15) is 26.7 Å². The van der Waals surface area contributed by atoms with Crippen molar-refractivity contribution in [3.8, 4) is 0 Å². The Morgan fingerprint density at radius 1 is 1.33 bits per heavy atom. The van der Waals surface area contributed by atoms with Gasteiger partial charge in [-0.05, 0) is 45.4 Å². The van der Waals surface area contributed by atoms with Crippen LogP contribution in [0.2, 0.25) is 0 Å². The molecule has 0 aliphatic heterocycles. The van der Waals surface area contributed by atoms with E-state index in [1.165, 1.54) is 6.08 Å². The molecule has 0 radical (unpaired) electrons. The van der Waals surface area contributed by atoms with Gasteiger partial charge in [0.1, 0.15) is 5.71 Å². The van der Waals surface area contributed by atoms with E-state index in [0.717, 1.165) is 31.0 Å². The molecule has 0 saturated heterocycles. The fraction of sp³-hybridized carbons (Fsp3) is 0.615. The number of halogens is 3. The molecule has 0 aliphatic rings. The lowest BCUT2D eigenvalue weighted by Gasteiger charge is -2.08. The van der Waals surface area contributed by atoms with E-state index in [1.807, 2.05) is 13.1 Å². The van der Waals surface area contributed by atoms with Gasteiger partial charge in [-0.1, -0.05) is 24.6 Å². The van der Waals surface area contributed by atoms with Gasteiger partial charge in [0, 0.05) is 0 Å². The van der Waals surface area contributed by atoms with Crippen molar-refractivity contribution in [1.29, 1.82) is 5.41 Å². The van der Waals surface area contributed by atoms with E-state index in [0.29, 0.717) is 5.92 Å². The molecule has 0 aromatic heterocycles. The maximum atomic E-state index is 12.0. The topological polar surface area (TPSA) is 35.9 Å². The van der Waals surface area contributed by atoms with E-state index in [-0.39, 0.29) is 0 Å². The summed E-state index contributed by atoms with van der Waals surface area (Å²) in [4.78, 5) is 0. The summed E-state index contributed by atoms with van der Waals surface area (Å²) in [5.74, 6) is 0.538. The smallest absolute Gasteiger partial charge is 0.319 e. The molecular formula is C13H21F3N2. The van der Waals surface area contributed by atoms with Gasteiger partial charge in [0.05, 0.1) is 0 Å². The molecule has 0 heterocycles. The molecule has 0 aliphatic carbocycles. The first kappa shape index (κ1) is 16.9. The van der Waals surface area contributed by atoms with Gasteiger partial charge in [-0.15, -0.1) is 0 Å². The van der Waals surface area contributed by atoms with E-state index in [1.54, 1.807) is 6.92 Å². The highest BCUT2D eigenvalue weighted by Gasteiger charge is 2.31. The highest BCUT2D eigenvalue weighted by atomic mass is 19.4. The number of hydrogen-bond donors (Lipinski definition) is 2. The molecular weight excluding hydrogens is 241 g/mol. The number of hydrogen-bond acceptors (Lipinski definition) is 2. The van der Waals surface area contributed by atoms with Crippen LogP contribution in [0.3, 0.4) is 0 Å². The Hall–Kier alpha value is -1.10. The number of alkyl halides is 3. The summed E-state index contributed by atoms with van der Waals surface area (Å²) in [6, 6.07) is 0. The van der Waals surface area contributed by atoms with Crippen molar-refractivity contribution in [1.82, 2.24) is 5.32 Å². The molecule has 104 valence electrons. The molecule has 18 heavy (non-hydrogen) atoms. The molecule has 0 fully saturated rings. The van der Waals surface area contributed by atoms with Crippen molar-refractivity contribution in [2.24, 2.45) is 5.92 Å². The van der Waals surface area contributed by atoms with Crippen molar-refractivity contribution in [3.63, 3.8) is 0 Å². The molecule has 0 amide bonds. The summed E-state index contributed by atoms with van der Waals surface area (Å²) in [5, 5.41) is 9.86. The molecule has 2 N–H and O–H groups in total. The number of allylic oxidation sites excluding steroid dienone is 4. The highest BCUT2D eigenvalue weighted by molar-refractivity contribution is 5.97. The van der Waals surface area contributed by atoms with Crippen molar-refractivity contribution in [3.05, 3.63) is 23.8 Å². The van der Waals surface area contributed by atoms with Gasteiger partial charge in [-0.3, -0.25) is 5.41 Å². The second kappa shape index (κ2) is 8.08. The molecule has 1 atom stereocenters. The van der Waals surface area contributed by atoms with E-state index in [9.17, 15) is 13.2 Å². The SMILES string of the molecule is CNCC(C)CC/C=C(C)/C=C\C(=N)C(F)(F)F. The lowest BCUT2D eigenvalue weighted by Crippen LogP contribution is -2.19. The zero-order chi connectivity index (χ0) is 14.2. The summed E-state index contributed by atoms with van der Waals surface area (Å²) in [6.45, 7) is 4.79. The van der Waals surface area contributed by atoms with Crippen LogP contribution in [0.15, 0.2) is 23.8 Å². The monoisotopic (exact) mass is 262 g/mol. The minimum Gasteiger partial charge on any atom is -0.319 e. The summed E-state index contributed by atoms with van der Waals surface area (Å²) < 4.78 is 36.1. The number of nitrogens with one attached hydrogen (secondary N) is 2. The third-order valence-electron chi connectivity index (χ3n) is 2.50. The fourth-order valence-corrected chi connectivity index (χ4v) is 1.42. The maximum absolute atomic E-state index is 12.0. The largest absolute Gasteiger partial charge is 0.432 e. The normalized spacial score (nSPS) is 15.1. The van der Waals surface area contributed by atoms with E-state index in [2.05, 4.69) is 12.2 Å². The van der Waals surface area contributed by atoms with E-state index in [4.69, 9.17) is 5.41 Å². The highest BCUT2D eigenvalue weighted by Crippen LogP contribution is 2.17. The lowest BCUT2D eigenvalue weighted by molar-refractivity contribution is -0.0584. The van der Waals surface area contributed by atoms with E-state index >= 15 is 0 Å².